The van der Waals surface area contributed by atoms with Crippen molar-refractivity contribution in [2.75, 3.05) is 0 Å². The van der Waals surface area contributed by atoms with E-state index >= 15 is 0 Å². The molecule has 0 fully saturated rings. The summed E-state index contributed by atoms with van der Waals surface area (Å²) in [7, 11) is 0. The number of aliphatic hydroxyl groups excluding tert-OH is 1. The minimum Gasteiger partial charge on any atom is -0.478 e. The maximum Gasteiger partial charge on any atom is 0.331 e. The van der Waals surface area contributed by atoms with Gasteiger partial charge in [0, 0.05) is 28.8 Å². The van der Waals surface area contributed by atoms with Crippen LogP contribution in [0.5, 0.6) is 0 Å². The SMILES string of the molecule is C=CC(=O)OC(C(=O)c1ccccc1)c1ccccc1.O=C(O)C=Cc1ccccc1C(=O)C(O)c1ccccc1. The molecule has 0 saturated heterocycles. The van der Waals surface area contributed by atoms with E-state index < -0.39 is 29.9 Å². The number of carbonyl (C=O) groups excluding carboxylic acids is 3. The molecule has 0 aliphatic heterocycles. The molecule has 2 N–H and O–H groups in total. The van der Waals surface area contributed by atoms with Crippen LogP contribution in [0.4, 0.5) is 0 Å². The van der Waals surface area contributed by atoms with Gasteiger partial charge in [-0.3, -0.25) is 9.59 Å². The minimum absolute atomic E-state index is 0.257. The average Bonchev–Trinajstić information content (AvgIpc) is 3.03. The number of ether oxygens (including phenoxy) is 1. The van der Waals surface area contributed by atoms with Crippen LogP contribution in [0.25, 0.3) is 6.08 Å². The molecule has 2 atom stereocenters. The molecule has 0 radical (unpaired) electrons. The molecule has 4 aromatic carbocycles. The van der Waals surface area contributed by atoms with Crippen LogP contribution in [0.2, 0.25) is 0 Å². The molecule has 0 aliphatic carbocycles. The van der Waals surface area contributed by atoms with Gasteiger partial charge in [0.05, 0.1) is 0 Å². The van der Waals surface area contributed by atoms with E-state index in [1.165, 1.54) is 6.08 Å². The van der Waals surface area contributed by atoms with Crippen molar-refractivity contribution >= 4 is 29.6 Å². The van der Waals surface area contributed by atoms with Crippen molar-refractivity contribution < 1.29 is 34.1 Å². The van der Waals surface area contributed by atoms with Crippen molar-refractivity contribution in [1.82, 2.24) is 0 Å². The Bertz CT molecular complexity index is 1510. The number of aliphatic hydroxyl groups is 1. The van der Waals surface area contributed by atoms with E-state index in [0.29, 0.717) is 22.3 Å². The summed E-state index contributed by atoms with van der Waals surface area (Å²) in [6, 6.07) is 32.8. The third-order valence-corrected chi connectivity index (χ3v) is 5.79. The number of ketones is 2. The van der Waals surface area contributed by atoms with E-state index in [0.717, 1.165) is 12.2 Å². The van der Waals surface area contributed by atoms with Crippen LogP contribution in [-0.2, 0) is 14.3 Å². The van der Waals surface area contributed by atoms with E-state index in [9.17, 15) is 24.3 Å². The Morgan fingerprint density at radius 2 is 1.20 bits per heavy atom. The summed E-state index contributed by atoms with van der Waals surface area (Å²) in [4.78, 5) is 46.9. The van der Waals surface area contributed by atoms with E-state index in [1.807, 2.05) is 12.1 Å². The van der Waals surface area contributed by atoms with Crippen LogP contribution < -0.4 is 0 Å². The lowest BCUT2D eigenvalue weighted by molar-refractivity contribution is -0.141. The van der Waals surface area contributed by atoms with Crippen LogP contribution in [0, 0.1) is 0 Å². The molecule has 2 unspecified atom stereocenters. The molecular formula is C34H28O7. The number of aliphatic carboxylic acids is 1. The topological polar surface area (TPSA) is 118 Å². The van der Waals surface area contributed by atoms with Crippen molar-refractivity contribution in [2.24, 2.45) is 0 Å². The Hall–Kier alpha value is -5.40. The molecule has 0 aromatic heterocycles. The lowest BCUT2D eigenvalue weighted by Gasteiger charge is -2.16. The monoisotopic (exact) mass is 548 g/mol. The Morgan fingerprint density at radius 1 is 0.683 bits per heavy atom. The van der Waals surface area contributed by atoms with E-state index in [2.05, 4.69) is 6.58 Å². The highest BCUT2D eigenvalue weighted by molar-refractivity contribution is 6.03. The molecule has 7 nitrogen and oxygen atoms in total. The van der Waals surface area contributed by atoms with Gasteiger partial charge in [0.25, 0.3) is 0 Å². The molecule has 4 aromatic rings. The summed E-state index contributed by atoms with van der Waals surface area (Å²) in [6.07, 6.45) is 1.12. The van der Waals surface area contributed by atoms with Gasteiger partial charge in [0.2, 0.25) is 5.78 Å². The maximum absolute atomic E-state index is 12.5. The maximum atomic E-state index is 12.5. The van der Waals surface area contributed by atoms with Crippen molar-refractivity contribution in [1.29, 1.82) is 0 Å². The molecule has 0 aliphatic rings. The predicted molar refractivity (Wildman–Crippen MR) is 155 cm³/mol. The molecule has 4 rings (SSSR count). The number of carbonyl (C=O) groups is 4. The molecule has 0 amide bonds. The van der Waals surface area contributed by atoms with Crippen LogP contribution in [0.3, 0.4) is 0 Å². The summed E-state index contributed by atoms with van der Waals surface area (Å²) < 4.78 is 5.20. The largest absolute Gasteiger partial charge is 0.478 e. The zero-order chi connectivity index (χ0) is 29.6. The molecule has 0 bridgehead atoms. The van der Waals surface area contributed by atoms with E-state index in [-0.39, 0.29) is 11.3 Å². The molecule has 7 heteroatoms. The minimum atomic E-state index is -1.27. The van der Waals surface area contributed by atoms with Gasteiger partial charge in [-0.05, 0) is 17.2 Å². The highest BCUT2D eigenvalue weighted by atomic mass is 16.5. The van der Waals surface area contributed by atoms with Crippen LogP contribution in [0.1, 0.15) is 49.6 Å². The van der Waals surface area contributed by atoms with Gasteiger partial charge in [-0.2, -0.15) is 0 Å². The summed E-state index contributed by atoms with van der Waals surface area (Å²) in [5.41, 5.74) is 2.38. The zero-order valence-corrected chi connectivity index (χ0v) is 22.0. The van der Waals surface area contributed by atoms with Gasteiger partial charge in [-0.1, -0.05) is 122 Å². The van der Waals surface area contributed by atoms with Gasteiger partial charge in [0.1, 0.15) is 6.10 Å². The first-order valence-corrected chi connectivity index (χ1v) is 12.6. The number of benzene rings is 4. The van der Waals surface area contributed by atoms with Crippen molar-refractivity contribution in [3.05, 3.63) is 162 Å². The molecule has 0 spiro atoms. The average molecular weight is 549 g/mol. The summed E-state index contributed by atoms with van der Waals surface area (Å²) in [5, 5.41) is 18.8. The highest BCUT2D eigenvalue weighted by Crippen LogP contribution is 2.23. The lowest BCUT2D eigenvalue weighted by Crippen LogP contribution is -2.19. The van der Waals surface area contributed by atoms with Gasteiger partial charge in [-0.25, -0.2) is 9.59 Å². The first-order chi connectivity index (χ1) is 19.8. The number of Topliss-reactive ketones (excluding diaryl/α,β-unsaturated/α-hetero) is 2. The fourth-order valence-electron chi connectivity index (χ4n) is 3.78. The van der Waals surface area contributed by atoms with Gasteiger partial charge < -0.3 is 14.9 Å². The fraction of sp³-hybridized carbons (Fsp3) is 0.0588. The Balaban J connectivity index is 0.000000226. The molecule has 0 saturated carbocycles. The number of hydrogen-bond donors (Lipinski definition) is 2. The normalized spacial score (nSPS) is 11.8. The molecular weight excluding hydrogens is 520 g/mol. The number of carboxylic acid groups (broad SMARTS) is 1. The Labute approximate surface area is 237 Å². The first-order valence-electron chi connectivity index (χ1n) is 12.6. The predicted octanol–water partition coefficient (Wildman–Crippen LogP) is 6.04. The van der Waals surface area contributed by atoms with Crippen molar-refractivity contribution in [2.45, 2.75) is 12.2 Å². The molecule has 41 heavy (non-hydrogen) atoms. The van der Waals surface area contributed by atoms with Gasteiger partial charge >= 0.3 is 11.9 Å². The second-order valence-corrected chi connectivity index (χ2v) is 8.60. The van der Waals surface area contributed by atoms with E-state index in [4.69, 9.17) is 9.84 Å². The summed E-state index contributed by atoms with van der Waals surface area (Å²) in [6.45, 7) is 3.35. The summed E-state index contributed by atoms with van der Waals surface area (Å²) in [5.74, 6) is -2.44. The smallest absolute Gasteiger partial charge is 0.331 e. The zero-order valence-electron chi connectivity index (χ0n) is 22.0. The van der Waals surface area contributed by atoms with E-state index in [1.54, 1.807) is 103 Å². The molecule has 206 valence electrons. The first kappa shape index (κ1) is 30.1. The summed E-state index contributed by atoms with van der Waals surface area (Å²) >= 11 is 0. The number of rotatable bonds is 10. The second kappa shape index (κ2) is 15.3. The van der Waals surface area contributed by atoms with Crippen LogP contribution >= 0.6 is 0 Å². The number of esters is 1. The van der Waals surface area contributed by atoms with Crippen molar-refractivity contribution in [3.63, 3.8) is 0 Å². The standard InChI is InChI=1S/C17H14O4.C17H14O3/c18-15(19)11-10-12-6-4-5-9-14(12)17(21)16(20)13-7-2-1-3-8-13;1-2-15(18)20-17(14-11-7-4-8-12-14)16(19)13-9-5-3-6-10-13/h1-11,16,20H,(H,18,19);2-12,17H,1H2. The second-order valence-electron chi connectivity index (χ2n) is 8.60. The highest BCUT2D eigenvalue weighted by Gasteiger charge is 2.25. The Morgan fingerprint density at radius 3 is 1.76 bits per heavy atom. The number of carboxylic acids is 1. The van der Waals surface area contributed by atoms with Crippen molar-refractivity contribution in [3.8, 4) is 0 Å². The van der Waals surface area contributed by atoms with Crippen LogP contribution in [-0.4, -0.2) is 33.7 Å². The Kier molecular flexibility index (Phi) is 11.2. The third kappa shape index (κ3) is 8.81. The quantitative estimate of drug-likeness (QED) is 0.141. The lowest BCUT2D eigenvalue weighted by atomic mass is 9.96. The van der Waals surface area contributed by atoms with Gasteiger partial charge in [0.15, 0.2) is 11.9 Å². The third-order valence-electron chi connectivity index (χ3n) is 5.79. The fourth-order valence-corrected chi connectivity index (χ4v) is 3.78. The van der Waals surface area contributed by atoms with Crippen LogP contribution in [0.15, 0.2) is 134 Å². The molecule has 0 heterocycles. The van der Waals surface area contributed by atoms with Gasteiger partial charge in [-0.15, -0.1) is 0 Å². The number of hydrogen-bond acceptors (Lipinski definition) is 6.